The number of pyridine rings is 1. The Balaban J connectivity index is 1.59. The number of aryl methyl sites for hydroxylation is 2. The van der Waals surface area contributed by atoms with E-state index in [1.165, 1.54) is 0 Å². The van der Waals surface area contributed by atoms with Gasteiger partial charge in [0.2, 0.25) is 0 Å². The molecule has 2 aromatic carbocycles. The maximum Gasteiger partial charge on any atom is 0.276 e. The van der Waals surface area contributed by atoms with Crippen molar-refractivity contribution in [2.45, 2.75) is 13.8 Å². The number of nitrogens with zero attached hydrogens (tertiary/aromatic N) is 1. The normalized spacial score (nSPS) is 10.5. The minimum atomic E-state index is -0.465. The summed E-state index contributed by atoms with van der Waals surface area (Å²) >= 11 is 3.33. The molecule has 27 heavy (non-hydrogen) atoms. The van der Waals surface area contributed by atoms with Gasteiger partial charge in [0, 0.05) is 9.86 Å². The second-order valence-corrected chi connectivity index (χ2v) is 6.98. The smallest absolute Gasteiger partial charge is 0.276 e. The molecule has 1 heterocycles. The van der Waals surface area contributed by atoms with E-state index in [0.717, 1.165) is 20.9 Å². The van der Waals surface area contributed by atoms with E-state index in [0.29, 0.717) is 17.0 Å². The molecular weight excluding hydrogens is 410 g/mol. The first-order valence-corrected chi connectivity index (χ1v) is 9.07. The summed E-state index contributed by atoms with van der Waals surface area (Å²) in [7, 11) is 0. The Morgan fingerprint density at radius 2 is 1.78 bits per heavy atom. The summed E-state index contributed by atoms with van der Waals surface area (Å²) in [6.45, 7) is 3.54. The molecule has 0 atom stereocenters. The van der Waals surface area contributed by atoms with Crippen LogP contribution in [-0.2, 0) is 4.79 Å². The lowest BCUT2D eigenvalue weighted by molar-refractivity contribution is -0.123. The number of hydrogen-bond donors (Lipinski definition) is 2. The van der Waals surface area contributed by atoms with Gasteiger partial charge in [0.05, 0.1) is 16.8 Å². The van der Waals surface area contributed by atoms with Crippen molar-refractivity contribution >= 4 is 38.6 Å². The number of hydrogen-bond acceptors (Lipinski definition) is 4. The average molecular weight is 428 g/mol. The number of halogens is 1. The summed E-state index contributed by atoms with van der Waals surface area (Å²) in [5.41, 5.74) is 7.66. The maximum atomic E-state index is 12.4. The second kappa shape index (κ2) is 8.18. The first-order valence-electron chi connectivity index (χ1n) is 8.28. The van der Waals surface area contributed by atoms with E-state index in [1.54, 1.807) is 25.1 Å². The number of ether oxygens (including phenoxy) is 1. The highest BCUT2D eigenvalue weighted by Gasteiger charge is 2.13. The lowest BCUT2D eigenvalue weighted by Crippen LogP contribution is -2.44. The van der Waals surface area contributed by atoms with E-state index in [2.05, 4.69) is 31.8 Å². The number of benzene rings is 2. The lowest BCUT2D eigenvalue weighted by atomic mass is 10.1. The molecule has 3 aromatic rings. The van der Waals surface area contributed by atoms with Crippen LogP contribution in [0.4, 0.5) is 0 Å². The third kappa shape index (κ3) is 4.83. The quantitative estimate of drug-likeness (QED) is 0.624. The molecule has 0 aliphatic rings. The van der Waals surface area contributed by atoms with E-state index in [4.69, 9.17) is 4.74 Å². The van der Waals surface area contributed by atoms with E-state index in [-0.39, 0.29) is 6.61 Å². The van der Waals surface area contributed by atoms with Crippen molar-refractivity contribution in [3.8, 4) is 5.75 Å². The maximum absolute atomic E-state index is 12.4. The molecule has 3 rings (SSSR count). The van der Waals surface area contributed by atoms with Crippen molar-refractivity contribution in [2.24, 2.45) is 0 Å². The fraction of sp³-hybridized carbons (Fsp3) is 0.150. The van der Waals surface area contributed by atoms with Crippen LogP contribution in [0.25, 0.3) is 10.9 Å². The second-order valence-electron chi connectivity index (χ2n) is 6.06. The molecule has 0 bridgehead atoms. The monoisotopic (exact) mass is 427 g/mol. The molecule has 7 heteroatoms. The van der Waals surface area contributed by atoms with Gasteiger partial charge < -0.3 is 4.74 Å². The van der Waals surface area contributed by atoms with Gasteiger partial charge in [-0.05, 0) is 55.8 Å². The van der Waals surface area contributed by atoms with Crippen molar-refractivity contribution in [1.82, 2.24) is 15.8 Å². The summed E-state index contributed by atoms with van der Waals surface area (Å²) < 4.78 is 6.27. The number of fused-ring (bicyclic) bond motifs is 1. The van der Waals surface area contributed by atoms with Crippen molar-refractivity contribution in [3.05, 3.63) is 69.8 Å². The van der Waals surface area contributed by atoms with Crippen LogP contribution in [0.3, 0.4) is 0 Å². The third-order valence-corrected chi connectivity index (χ3v) is 4.44. The highest BCUT2D eigenvalue weighted by atomic mass is 79.9. The molecule has 0 saturated carbocycles. The van der Waals surface area contributed by atoms with Gasteiger partial charge in [0.15, 0.2) is 6.61 Å². The van der Waals surface area contributed by atoms with Crippen LogP contribution in [0.2, 0.25) is 0 Å². The summed E-state index contributed by atoms with van der Waals surface area (Å²) in [6, 6.07) is 14.7. The largest absolute Gasteiger partial charge is 0.484 e. The third-order valence-electron chi connectivity index (χ3n) is 3.91. The van der Waals surface area contributed by atoms with Crippen LogP contribution in [0.1, 0.15) is 21.6 Å². The molecule has 2 N–H and O–H groups in total. The fourth-order valence-corrected chi connectivity index (χ4v) is 2.78. The van der Waals surface area contributed by atoms with Crippen LogP contribution in [0.15, 0.2) is 53.0 Å². The van der Waals surface area contributed by atoms with Gasteiger partial charge in [0.25, 0.3) is 11.8 Å². The lowest BCUT2D eigenvalue weighted by Gasteiger charge is -2.11. The molecule has 6 nitrogen and oxygen atoms in total. The molecule has 2 amide bonds. The van der Waals surface area contributed by atoms with Crippen molar-refractivity contribution in [3.63, 3.8) is 0 Å². The number of carbonyl (C=O) groups excluding carboxylic acids is 2. The Labute approximate surface area is 165 Å². The molecule has 138 valence electrons. The van der Waals surface area contributed by atoms with E-state index in [9.17, 15) is 9.59 Å². The molecule has 0 fully saturated rings. The number of nitrogens with one attached hydrogen (secondary N) is 2. The van der Waals surface area contributed by atoms with Gasteiger partial charge in [-0.3, -0.25) is 25.4 Å². The predicted octanol–water partition coefficient (Wildman–Crippen LogP) is 3.45. The van der Waals surface area contributed by atoms with Crippen LogP contribution in [0, 0.1) is 13.8 Å². The van der Waals surface area contributed by atoms with Gasteiger partial charge >= 0.3 is 0 Å². The molecule has 0 radical (unpaired) electrons. The zero-order chi connectivity index (χ0) is 19.4. The van der Waals surface area contributed by atoms with Crippen molar-refractivity contribution in [1.29, 1.82) is 0 Å². The molecule has 0 spiro atoms. The summed E-state index contributed by atoms with van der Waals surface area (Å²) in [5.74, 6) is -0.336. The first-order chi connectivity index (χ1) is 12.9. The Hall–Kier alpha value is -2.93. The van der Waals surface area contributed by atoms with Crippen molar-refractivity contribution < 1.29 is 14.3 Å². The number of rotatable bonds is 4. The minimum absolute atomic E-state index is 0.212. The van der Waals surface area contributed by atoms with Crippen LogP contribution >= 0.6 is 15.9 Å². The topological polar surface area (TPSA) is 80.3 Å². The summed E-state index contributed by atoms with van der Waals surface area (Å²) in [5, 5.41) is 0.862. The Morgan fingerprint density at radius 1 is 1.04 bits per heavy atom. The number of hydrazine groups is 1. The van der Waals surface area contributed by atoms with Gasteiger partial charge in [-0.25, -0.2) is 0 Å². The van der Waals surface area contributed by atoms with Crippen LogP contribution in [0.5, 0.6) is 5.75 Å². The predicted molar refractivity (Wildman–Crippen MR) is 106 cm³/mol. The SMILES string of the molecule is Cc1ccc2cc(C(=O)NNC(=O)COc3ccc(Br)cc3)c(C)nc2c1. The zero-order valence-electron chi connectivity index (χ0n) is 14.9. The standard InChI is InChI=1S/C20H18BrN3O3/c1-12-3-4-14-10-17(13(2)22-18(14)9-12)20(26)24-23-19(25)11-27-16-7-5-15(21)6-8-16/h3-10H,11H2,1-2H3,(H,23,25)(H,24,26). The molecule has 0 aliphatic carbocycles. The highest BCUT2D eigenvalue weighted by molar-refractivity contribution is 9.10. The molecule has 0 aliphatic heterocycles. The van der Waals surface area contributed by atoms with Gasteiger partial charge in [0.1, 0.15) is 5.75 Å². The molecular formula is C20H18BrN3O3. The Morgan fingerprint density at radius 3 is 2.52 bits per heavy atom. The van der Waals surface area contributed by atoms with Crippen LogP contribution < -0.4 is 15.6 Å². The number of amides is 2. The van der Waals surface area contributed by atoms with E-state index < -0.39 is 11.8 Å². The molecule has 1 aromatic heterocycles. The highest BCUT2D eigenvalue weighted by Crippen LogP contribution is 2.18. The van der Waals surface area contributed by atoms with Gasteiger partial charge in [-0.1, -0.05) is 28.1 Å². The summed E-state index contributed by atoms with van der Waals surface area (Å²) in [6.07, 6.45) is 0. The Bertz CT molecular complexity index is 1000. The summed E-state index contributed by atoms with van der Waals surface area (Å²) in [4.78, 5) is 28.7. The molecule has 0 unspecified atom stereocenters. The van der Waals surface area contributed by atoms with Crippen LogP contribution in [-0.4, -0.2) is 23.4 Å². The Kier molecular flexibility index (Phi) is 5.71. The van der Waals surface area contributed by atoms with Gasteiger partial charge in [-0.2, -0.15) is 0 Å². The van der Waals surface area contributed by atoms with Gasteiger partial charge in [-0.15, -0.1) is 0 Å². The first kappa shape index (κ1) is 18.8. The average Bonchev–Trinajstić information content (AvgIpc) is 2.65. The number of carbonyl (C=O) groups is 2. The number of aromatic nitrogens is 1. The van der Waals surface area contributed by atoms with Crippen molar-refractivity contribution in [2.75, 3.05) is 6.61 Å². The minimum Gasteiger partial charge on any atom is -0.484 e. The molecule has 0 saturated heterocycles. The van der Waals surface area contributed by atoms with E-state index in [1.807, 2.05) is 37.3 Å². The van der Waals surface area contributed by atoms with E-state index >= 15 is 0 Å². The fourth-order valence-electron chi connectivity index (χ4n) is 2.51. The zero-order valence-corrected chi connectivity index (χ0v) is 16.5.